The fraction of sp³-hybridized carbons (Fsp3) is 0.588. The lowest BCUT2D eigenvalue weighted by molar-refractivity contribution is -0.116. The normalized spacial score (nSPS) is 19.4. The molecule has 0 aliphatic carbocycles. The van der Waals surface area contributed by atoms with Gasteiger partial charge in [0.1, 0.15) is 0 Å². The number of piperidine rings is 1. The lowest BCUT2D eigenvalue weighted by Crippen LogP contribution is -2.42. The first-order valence-corrected chi connectivity index (χ1v) is 8.03. The number of amides is 1. The van der Waals surface area contributed by atoms with Gasteiger partial charge in [-0.25, -0.2) is 0 Å². The number of anilines is 1. The molecule has 1 aliphatic heterocycles. The third-order valence-electron chi connectivity index (χ3n) is 4.16. The van der Waals surface area contributed by atoms with Gasteiger partial charge < -0.3 is 10.6 Å². The Balaban J connectivity index is 1.76. The minimum atomic E-state index is 0.110. The maximum absolute atomic E-state index is 12.0. The second kappa shape index (κ2) is 8.80. The first-order valence-electron chi connectivity index (χ1n) is 8.03. The van der Waals surface area contributed by atoms with Crippen molar-refractivity contribution in [2.24, 2.45) is 0 Å². The summed E-state index contributed by atoms with van der Waals surface area (Å²) in [5.41, 5.74) is 0.882. The lowest BCUT2D eigenvalue weighted by atomic mass is 9.99. The molecular formula is C17H27N3O. The van der Waals surface area contributed by atoms with Gasteiger partial charge in [-0.15, -0.1) is 0 Å². The van der Waals surface area contributed by atoms with Crippen LogP contribution in [0.25, 0.3) is 0 Å². The quantitative estimate of drug-likeness (QED) is 0.810. The van der Waals surface area contributed by atoms with Gasteiger partial charge in [-0.1, -0.05) is 24.6 Å². The van der Waals surface area contributed by atoms with E-state index in [0.717, 1.165) is 25.3 Å². The van der Waals surface area contributed by atoms with Crippen LogP contribution in [0.15, 0.2) is 30.3 Å². The lowest BCUT2D eigenvalue weighted by Gasteiger charge is -2.35. The Kier molecular flexibility index (Phi) is 6.70. The Morgan fingerprint density at radius 2 is 2.10 bits per heavy atom. The zero-order chi connectivity index (χ0) is 14.9. The van der Waals surface area contributed by atoms with E-state index < -0.39 is 0 Å². The zero-order valence-corrected chi connectivity index (χ0v) is 13.0. The van der Waals surface area contributed by atoms with E-state index in [1.165, 1.54) is 25.7 Å². The smallest absolute Gasteiger partial charge is 0.225 e. The molecule has 1 heterocycles. The zero-order valence-electron chi connectivity index (χ0n) is 13.0. The molecule has 116 valence electrons. The van der Waals surface area contributed by atoms with Gasteiger partial charge >= 0.3 is 0 Å². The van der Waals surface area contributed by atoms with Crippen LogP contribution in [0, 0.1) is 0 Å². The summed E-state index contributed by atoms with van der Waals surface area (Å²) in [5, 5.41) is 6.19. The van der Waals surface area contributed by atoms with Gasteiger partial charge in [0.25, 0.3) is 0 Å². The predicted octanol–water partition coefficient (Wildman–Crippen LogP) is 2.48. The van der Waals surface area contributed by atoms with Crippen LogP contribution in [-0.2, 0) is 4.79 Å². The molecule has 1 aromatic carbocycles. The van der Waals surface area contributed by atoms with Crippen LogP contribution in [0.3, 0.4) is 0 Å². The molecule has 21 heavy (non-hydrogen) atoms. The fourth-order valence-electron chi connectivity index (χ4n) is 2.98. The number of nitrogens with one attached hydrogen (secondary N) is 2. The molecule has 0 aromatic heterocycles. The van der Waals surface area contributed by atoms with Gasteiger partial charge in [0, 0.05) is 24.7 Å². The third kappa shape index (κ3) is 5.48. The van der Waals surface area contributed by atoms with E-state index in [9.17, 15) is 4.79 Å². The maximum atomic E-state index is 12.0. The highest BCUT2D eigenvalue weighted by molar-refractivity contribution is 5.90. The van der Waals surface area contributed by atoms with Gasteiger partial charge in [-0.2, -0.15) is 0 Å². The summed E-state index contributed by atoms with van der Waals surface area (Å²) in [6.07, 6.45) is 5.60. The standard InChI is InChI=1S/C17H27N3O/c1-18-12-10-16-9-5-6-13-20(16)14-11-17(21)19-15-7-3-2-4-8-15/h2-4,7-8,16,18H,5-6,9-14H2,1H3,(H,19,21). The average Bonchev–Trinajstić information content (AvgIpc) is 2.52. The van der Waals surface area contributed by atoms with Gasteiger partial charge in [0.2, 0.25) is 5.91 Å². The number of hydrogen-bond donors (Lipinski definition) is 2. The third-order valence-corrected chi connectivity index (χ3v) is 4.16. The fourth-order valence-corrected chi connectivity index (χ4v) is 2.98. The number of carbonyl (C=O) groups excluding carboxylic acids is 1. The van der Waals surface area contributed by atoms with Gasteiger partial charge in [-0.3, -0.25) is 9.69 Å². The van der Waals surface area contributed by atoms with E-state index in [-0.39, 0.29) is 5.91 Å². The molecule has 0 saturated carbocycles. The summed E-state index contributed by atoms with van der Waals surface area (Å²) >= 11 is 0. The highest BCUT2D eigenvalue weighted by atomic mass is 16.1. The molecular weight excluding hydrogens is 262 g/mol. The van der Waals surface area contributed by atoms with Crippen molar-refractivity contribution in [1.82, 2.24) is 10.2 Å². The first kappa shape index (κ1) is 16.0. The number of benzene rings is 1. The summed E-state index contributed by atoms with van der Waals surface area (Å²) in [5.74, 6) is 0.110. The highest BCUT2D eigenvalue weighted by Gasteiger charge is 2.22. The van der Waals surface area contributed by atoms with Crippen LogP contribution in [0.5, 0.6) is 0 Å². The van der Waals surface area contributed by atoms with Crippen molar-refractivity contribution in [3.63, 3.8) is 0 Å². The molecule has 1 atom stereocenters. The van der Waals surface area contributed by atoms with Gasteiger partial charge in [-0.05, 0) is 51.5 Å². The Morgan fingerprint density at radius 1 is 1.29 bits per heavy atom. The number of hydrogen-bond acceptors (Lipinski definition) is 3. The van der Waals surface area contributed by atoms with Crippen molar-refractivity contribution < 1.29 is 4.79 Å². The van der Waals surface area contributed by atoms with Crippen molar-refractivity contribution in [3.05, 3.63) is 30.3 Å². The van der Waals surface area contributed by atoms with Crippen LogP contribution in [0.1, 0.15) is 32.1 Å². The topological polar surface area (TPSA) is 44.4 Å². The van der Waals surface area contributed by atoms with Crippen molar-refractivity contribution in [2.75, 3.05) is 32.0 Å². The minimum Gasteiger partial charge on any atom is -0.326 e. The van der Waals surface area contributed by atoms with Crippen LogP contribution < -0.4 is 10.6 Å². The molecule has 1 aromatic rings. The van der Waals surface area contributed by atoms with E-state index in [1.807, 2.05) is 37.4 Å². The molecule has 0 bridgehead atoms. The molecule has 1 aliphatic rings. The van der Waals surface area contributed by atoms with E-state index in [1.54, 1.807) is 0 Å². The largest absolute Gasteiger partial charge is 0.326 e. The van der Waals surface area contributed by atoms with Crippen molar-refractivity contribution in [3.8, 4) is 0 Å². The Hall–Kier alpha value is -1.39. The van der Waals surface area contributed by atoms with Crippen LogP contribution in [0.4, 0.5) is 5.69 Å². The van der Waals surface area contributed by atoms with E-state index >= 15 is 0 Å². The van der Waals surface area contributed by atoms with Crippen LogP contribution in [0.2, 0.25) is 0 Å². The molecule has 1 fully saturated rings. The van der Waals surface area contributed by atoms with Crippen LogP contribution >= 0.6 is 0 Å². The molecule has 4 nitrogen and oxygen atoms in total. The number of carbonyl (C=O) groups is 1. The number of likely N-dealkylation sites (tertiary alicyclic amines) is 1. The van der Waals surface area contributed by atoms with Crippen molar-refractivity contribution in [2.45, 2.75) is 38.1 Å². The maximum Gasteiger partial charge on any atom is 0.225 e. The SMILES string of the molecule is CNCCC1CCCCN1CCC(=O)Nc1ccccc1. The number of para-hydroxylation sites is 1. The first-order chi connectivity index (χ1) is 10.3. The molecule has 2 rings (SSSR count). The highest BCUT2D eigenvalue weighted by Crippen LogP contribution is 2.19. The van der Waals surface area contributed by atoms with Gasteiger partial charge in [0.05, 0.1) is 0 Å². The molecule has 1 amide bonds. The monoisotopic (exact) mass is 289 g/mol. The molecule has 2 N–H and O–H groups in total. The van der Waals surface area contributed by atoms with Crippen LogP contribution in [-0.4, -0.2) is 43.5 Å². The molecule has 1 unspecified atom stereocenters. The predicted molar refractivity (Wildman–Crippen MR) is 87.4 cm³/mol. The second-order valence-electron chi connectivity index (χ2n) is 5.74. The summed E-state index contributed by atoms with van der Waals surface area (Å²) in [4.78, 5) is 14.5. The second-order valence-corrected chi connectivity index (χ2v) is 5.74. The number of nitrogens with zero attached hydrogens (tertiary/aromatic N) is 1. The Labute approximate surface area is 127 Å². The molecule has 0 spiro atoms. The van der Waals surface area contributed by atoms with Crippen molar-refractivity contribution in [1.29, 1.82) is 0 Å². The summed E-state index contributed by atoms with van der Waals surface area (Å²) in [6, 6.07) is 10.3. The van der Waals surface area contributed by atoms with Crippen molar-refractivity contribution >= 4 is 11.6 Å². The molecule has 4 heteroatoms. The summed E-state index contributed by atoms with van der Waals surface area (Å²) in [7, 11) is 2.00. The average molecular weight is 289 g/mol. The Morgan fingerprint density at radius 3 is 2.86 bits per heavy atom. The van der Waals surface area contributed by atoms with E-state index in [4.69, 9.17) is 0 Å². The van der Waals surface area contributed by atoms with Gasteiger partial charge in [0.15, 0.2) is 0 Å². The Bertz CT molecular complexity index is 421. The minimum absolute atomic E-state index is 0.110. The molecule has 1 saturated heterocycles. The molecule has 0 radical (unpaired) electrons. The number of rotatable bonds is 7. The summed E-state index contributed by atoms with van der Waals surface area (Å²) < 4.78 is 0. The van der Waals surface area contributed by atoms with E-state index in [0.29, 0.717) is 12.5 Å². The van der Waals surface area contributed by atoms with E-state index in [2.05, 4.69) is 15.5 Å². The summed E-state index contributed by atoms with van der Waals surface area (Å²) in [6.45, 7) is 3.05.